The number of carbonyl (C=O) groups is 2. The summed E-state index contributed by atoms with van der Waals surface area (Å²) in [5.74, 6) is 6.10. The van der Waals surface area contributed by atoms with Gasteiger partial charge in [0.25, 0.3) is 5.69 Å². The highest BCUT2D eigenvalue weighted by molar-refractivity contribution is 6.29. The normalized spacial score (nSPS) is 18.3. The van der Waals surface area contributed by atoms with Gasteiger partial charge in [-0.1, -0.05) is 125 Å². The number of H-pyrrole nitrogens is 1. The number of piperidine rings is 1. The van der Waals surface area contributed by atoms with E-state index in [1.165, 1.54) is 80.2 Å². The number of halogens is 4. The molecule has 0 unspecified atom stereocenters. The fourth-order valence-corrected chi connectivity index (χ4v) is 12.9. The highest BCUT2D eigenvalue weighted by Crippen LogP contribution is 2.61. The Morgan fingerprint density at radius 2 is 1.36 bits per heavy atom. The molecule has 4 bridgehead atoms. The molecule has 6 aromatic rings. The van der Waals surface area contributed by atoms with Crippen molar-refractivity contribution in [3.63, 3.8) is 0 Å². The second-order valence-electron chi connectivity index (χ2n) is 26.8. The number of hydrogen-bond acceptors (Lipinski definition) is 10. The summed E-state index contributed by atoms with van der Waals surface area (Å²) in [7, 11) is 0. The molecule has 2 aromatic heterocycles. The van der Waals surface area contributed by atoms with Crippen LogP contribution < -0.4 is 15.1 Å². The third kappa shape index (κ3) is 22.0. The molecule has 1 aliphatic heterocycles. The Balaban J connectivity index is 0.000000195. The van der Waals surface area contributed by atoms with Crippen LogP contribution in [-0.4, -0.2) is 75.9 Å². The Morgan fingerprint density at radius 3 is 1.84 bits per heavy atom. The number of imidazole rings is 1. The summed E-state index contributed by atoms with van der Waals surface area (Å²) in [5, 5.41) is 23.0. The first kappa shape index (κ1) is 73.4. The maximum absolute atomic E-state index is 12.4. The summed E-state index contributed by atoms with van der Waals surface area (Å²) < 4.78 is 37.0. The molecule has 0 spiro atoms. The van der Waals surface area contributed by atoms with Crippen molar-refractivity contribution in [2.45, 2.75) is 191 Å². The zero-order valence-corrected chi connectivity index (χ0v) is 56.6. The molecule has 5 aliphatic rings. The van der Waals surface area contributed by atoms with E-state index in [2.05, 4.69) is 129 Å². The lowest BCUT2D eigenvalue weighted by Crippen LogP contribution is -2.51. The van der Waals surface area contributed by atoms with Crippen molar-refractivity contribution in [2.75, 3.05) is 54.4 Å². The second kappa shape index (κ2) is 34.2. The topological polar surface area (TPSA) is 158 Å². The highest BCUT2D eigenvalue weighted by Gasteiger charge is 2.54. The van der Waals surface area contributed by atoms with Crippen molar-refractivity contribution in [2.24, 2.45) is 35.0 Å². The first-order chi connectivity index (χ1) is 41.9. The number of aryl methyl sites for hydroxylation is 2. The summed E-state index contributed by atoms with van der Waals surface area (Å²) in [6.45, 7) is 34.9. The molecular formula is C73H103ClF3N7O5. The van der Waals surface area contributed by atoms with Crippen molar-refractivity contribution >= 4 is 57.0 Å². The van der Waals surface area contributed by atoms with E-state index in [9.17, 15) is 32.9 Å². The van der Waals surface area contributed by atoms with E-state index < -0.39 is 11.7 Å². The van der Waals surface area contributed by atoms with Gasteiger partial charge in [0.15, 0.2) is 5.78 Å². The van der Waals surface area contributed by atoms with Gasteiger partial charge in [-0.15, -0.1) is 0 Å². The van der Waals surface area contributed by atoms with E-state index in [4.69, 9.17) is 16.7 Å². The van der Waals surface area contributed by atoms with Gasteiger partial charge >= 0.3 is 6.18 Å². The predicted octanol–water partition coefficient (Wildman–Crippen LogP) is 19.3. The molecule has 5 fully saturated rings. The number of nitrogens with zero attached hydrogens (tertiary/aromatic N) is 5. The van der Waals surface area contributed by atoms with Gasteiger partial charge in [0, 0.05) is 83.7 Å². The van der Waals surface area contributed by atoms with Crippen LogP contribution >= 0.6 is 11.6 Å². The van der Waals surface area contributed by atoms with Crippen LogP contribution in [0.3, 0.4) is 0 Å². The van der Waals surface area contributed by atoms with Crippen molar-refractivity contribution < 1.29 is 32.8 Å². The Morgan fingerprint density at radius 1 is 0.753 bits per heavy atom. The Labute approximate surface area is 534 Å². The molecule has 11 rings (SSSR count). The molecule has 4 saturated carbocycles. The molecule has 16 heteroatoms. The molecule has 12 nitrogen and oxygen atoms in total. The number of fused-ring (bicyclic) bond motifs is 1. The van der Waals surface area contributed by atoms with Gasteiger partial charge in [-0.3, -0.25) is 19.7 Å². The lowest BCUT2D eigenvalue weighted by molar-refractivity contribution is -0.385. The number of aromatic nitrogens is 3. The molecule has 4 aromatic carbocycles. The summed E-state index contributed by atoms with van der Waals surface area (Å²) in [4.78, 5) is 50.6. The highest BCUT2D eigenvalue weighted by atomic mass is 35.5. The average molecular weight is 1250 g/mol. The first-order valence-corrected chi connectivity index (χ1v) is 32.9. The number of nitrogens with one attached hydrogen (secondary N) is 2. The van der Waals surface area contributed by atoms with Gasteiger partial charge in [-0.2, -0.15) is 13.2 Å². The number of ketones is 2. The van der Waals surface area contributed by atoms with Crippen molar-refractivity contribution in [1.82, 2.24) is 15.0 Å². The number of alkyl halides is 3. The van der Waals surface area contributed by atoms with Gasteiger partial charge < -0.3 is 25.2 Å². The van der Waals surface area contributed by atoms with Crippen LogP contribution in [0.2, 0.25) is 5.15 Å². The molecule has 0 radical (unpaired) electrons. The third-order valence-electron chi connectivity index (χ3n) is 17.6. The van der Waals surface area contributed by atoms with Crippen LogP contribution in [-0.2, 0) is 15.8 Å². The number of rotatable bonds is 16. The van der Waals surface area contributed by atoms with Gasteiger partial charge in [-0.05, 0) is 191 Å². The van der Waals surface area contributed by atoms with Crippen LogP contribution in [0.25, 0.3) is 11.0 Å². The van der Waals surface area contributed by atoms with E-state index >= 15 is 0 Å². The van der Waals surface area contributed by atoms with E-state index in [0.29, 0.717) is 36.4 Å². The zero-order chi connectivity index (χ0) is 65.9. The lowest BCUT2D eigenvalue weighted by atomic mass is 9.48. The lowest BCUT2D eigenvalue weighted by Gasteiger charge is -2.56. The SMILES string of the molecule is CC(C)C(=O)C12CC3CC(CC(C3)C1)C2.CC(C)c1cc(C(F)(F)F)cc(Cl)n1.CC(C)c1cc(N2CCCCC2)ccc1[N+](=O)[O-].CC(C)c1nc2ccccc2[nH]1.CCN(CCO)c1ccc(C(C)C)cc1.Cc1ccc(NCC(=O)C(C)C)cc1C. The third-order valence-corrected chi connectivity index (χ3v) is 17.8. The quantitative estimate of drug-likeness (QED) is 0.0484. The maximum Gasteiger partial charge on any atom is 0.416 e. The number of nitro benzene ring substituents is 1. The number of nitro groups is 1. The smallest absolute Gasteiger partial charge is 0.395 e. The minimum atomic E-state index is -4.36. The number of aliphatic hydroxyl groups excluding tert-OH is 1. The molecule has 1 saturated heterocycles. The minimum Gasteiger partial charge on any atom is -0.395 e. The zero-order valence-electron chi connectivity index (χ0n) is 55.9. The number of pyridine rings is 1. The fraction of sp³-hybridized carbons (Fsp3) is 0.562. The molecule has 89 heavy (non-hydrogen) atoms. The van der Waals surface area contributed by atoms with Crippen LogP contribution in [0.4, 0.5) is 35.9 Å². The summed E-state index contributed by atoms with van der Waals surface area (Å²) >= 11 is 5.49. The van der Waals surface area contributed by atoms with Crippen LogP contribution in [0.1, 0.15) is 211 Å². The number of benzene rings is 4. The Bertz CT molecular complexity index is 3120. The summed E-state index contributed by atoms with van der Waals surface area (Å²) in [6, 6.07) is 30.2. The van der Waals surface area contributed by atoms with Crippen molar-refractivity contribution in [3.05, 3.63) is 152 Å². The summed E-state index contributed by atoms with van der Waals surface area (Å²) in [6.07, 6.45) is 7.36. The van der Waals surface area contributed by atoms with Crippen molar-refractivity contribution in [3.8, 4) is 0 Å². The number of anilines is 3. The van der Waals surface area contributed by atoms with E-state index in [1.807, 2.05) is 70.2 Å². The molecule has 0 atom stereocenters. The first-order valence-electron chi connectivity index (χ1n) is 32.5. The maximum atomic E-state index is 12.4. The van der Waals surface area contributed by atoms with Gasteiger partial charge in [0.05, 0.1) is 34.7 Å². The second-order valence-corrected chi connectivity index (χ2v) is 27.2. The van der Waals surface area contributed by atoms with Crippen LogP contribution in [0.5, 0.6) is 0 Å². The molecule has 0 amide bonds. The van der Waals surface area contributed by atoms with E-state index in [0.717, 1.165) is 83.3 Å². The van der Waals surface area contributed by atoms with Gasteiger partial charge in [-0.25, -0.2) is 9.97 Å². The standard InChI is InChI=1S/C14H20N2O2.C14H22O.C13H19NO.C13H21NO.C10H12N2.C9H9ClF3N/c1-11(2)13-10-12(6-7-14(13)16(17)18)15-8-4-3-5-9-15;1-9(2)13(15)14-6-10-3-11(7-14)5-12(4-10)8-14;1-9(2)13(15)8-14-12-6-5-10(3)11(4)7-12;1-4-14(9-10-15)13-7-5-12(6-8-13)11(2)3;1-7(2)10-11-8-5-3-4-6-9(8)12-10;1-5(2)7-3-6(9(11,12)13)4-8(10)14-7/h6-7,10-11H,3-5,8-9H2,1-2H3;9-12H,3-8H2,1-2H3;5-7,9,14H,8H2,1-4H3;5-8,11,15H,4,9-10H2,1-3H3;3-7H,1-2H3,(H,11,12);3-5H,1-2H3. The minimum absolute atomic E-state index is 0.0743. The number of aliphatic hydroxyl groups is 1. The largest absolute Gasteiger partial charge is 0.416 e. The number of para-hydroxylation sites is 2. The predicted molar refractivity (Wildman–Crippen MR) is 362 cm³/mol. The number of carbonyl (C=O) groups excluding carboxylic acids is 2. The Hall–Kier alpha value is -6.32. The Kier molecular flexibility index (Phi) is 28.2. The molecule has 4 aliphatic carbocycles. The molecule has 3 N–H and O–H groups in total. The van der Waals surface area contributed by atoms with Gasteiger partial charge in [0.2, 0.25) is 0 Å². The number of likely N-dealkylation sites (N-methyl/N-ethyl adjacent to an activating group) is 1. The van der Waals surface area contributed by atoms with Gasteiger partial charge in [0.1, 0.15) is 16.8 Å². The average Bonchev–Trinajstić information content (AvgIpc) is 1.43. The number of aromatic amines is 1. The van der Waals surface area contributed by atoms with E-state index in [-0.39, 0.29) is 57.2 Å². The molecule has 488 valence electrons. The van der Waals surface area contributed by atoms with Crippen LogP contribution in [0, 0.1) is 59.0 Å². The number of Topliss-reactive ketones (excluding diaryl/α,β-unsaturated/α-hetero) is 2. The molecule has 3 heterocycles. The summed E-state index contributed by atoms with van der Waals surface area (Å²) in [5.41, 5.74) is 10.2. The monoisotopic (exact) mass is 1250 g/mol. The van der Waals surface area contributed by atoms with E-state index in [1.54, 1.807) is 19.9 Å². The van der Waals surface area contributed by atoms with Crippen molar-refractivity contribution in [1.29, 1.82) is 0 Å². The molecular weight excluding hydrogens is 1150 g/mol. The fourth-order valence-electron chi connectivity index (χ4n) is 12.7. The number of hydrogen-bond donors (Lipinski definition) is 3. The van der Waals surface area contributed by atoms with Crippen LogP contribution in [0.15, 0.2) is 97.1 Å².